The highest BCUT2D eigenvalue weighted by atomic mass is 16.2. The molecular formula is C20H20N4O2. The average molecular weight is 348 g/mol. The third-order valence-electron chi connectivity index (χ3n) is 4.71. The number of nitrogens with zero attached hydrogens (tertiary/aromatic N) is 3. The molecule has 3 aromatic rings. The van der Waals surface area contributed by atoms with Crippen LogP contribution in [0.15, 0.2) is 54.9 Å². The molecule has 6 nitrogen and oxygen atoms in total. The summed E-state index contributed by atoms with van der Waals surface area (Å²) >= 11 is 0. The van der Waals surface area contributed by atoms with E-state index in [1.807, 2.05) is 60.1 Å². The fraction of sp³-hybridized carbons (Fsp3) is 0.250. The summed E-state index contributed by atoms with van der Waals surface area (Å²) in [7, 11) is 0. The van der Waals surface area contributed by atoms with E-state index in [9.17, 15) is 9.59 Å². The summed E-state index contributed by atoms with van der Waals surface area (Å²) in [6.07, 6.45) is 5.20. The minimum absolute atomic E-state index is 0.108. The number of amides is 2. The zero-order chi connectivity index (χ0) is 18.1. The van der Waals surface area contributed by atoms with E-state index < -0.39 is 6.04 Å². The molecule has 3 aromatic heterocycles. The second kappa shape index (κ2) is 6.63. The van der Waals surface area contributed by atoms with Gasteiger partial charge in [-0.25, -0.2) is 4.98 Å². The third-order valence-corrected chi connectivity index (χ3v) is 4.71. The molecule has 0 bridgehead atoms. The largest absolute Gasteiger partial charge is 0.327 e. The number of aromatic nitrogens is 2. The van der Waals surface area contributed by atoms with Crippen molar-refractivity contribution in [3.05, 3.63) is 66.1 Å². The van der Waals surface area contributed by atoms with Crippen molar-refractivity contribution >= 4 is 23.1 Å². The Morgan fingerprint density at radius 3 is 2.88 bits per heavy atom. The third kappa shape index (κ3) is 3.06. The molecule has 0 aliphatic carbocycles. The highest BCUT2D eigenvalue weighted by Gasteiger charge is 2.35. The van der Waals surface area contributed by atoms with Gasteiger partial charge in [0.2, 0.25) is 5.91 Å². The minimum atomic E-state index is -0.465. The smallest absolute Gasteiger partial charge is 0.256 e. The SMILES string of the molecule is Cc1cccc(NC(=O)[C@@H]2CCCN2C(=O)c2cc3ccccn3c2)n1. The standard InChI is InChI=1S/C20H20N4O2/c1-14-6-4-9-18(21-14)22-19(25)17-8-5-11-24(17)20(26)15-12-16-7-2-3-10-23(16)13-15/h2-4,6-7,9-10,12-13,17H,5,8,11H2,1H3,(H,21,22,25)/t17-/m0/s1. The Morgan fingerprint density at radius 1 is 1.19 bits per heavy atom. The number of carbonyl (C=O) groups excluding carboxylic acids is 2. The predicted octanol–water partition coefficient (Wildman–Crippen LogP) is 2.89. The summed E-state index contributed by atoms with van der Waals surface area (Å²) in [5.41, 5.74) is 2.40. The van der Waals surface area contributed by atoms with Gasteiger partial charge in [-0.05, 0) is 50.1 Å². The molecule has 1 aliphatic rings. The van der Waals surface area contributed by atoms with Gasteiger partial charge in [0.1, 0.15) is 11.9 Å². The highest BCUT2D eigenvalue weighted by Crippen LogP contribution is 2.22. The number of aryl methyl sites for hydroxylation is 1. The first-order chi connectivity index (χ1) is 12.6. The Hall–Kier alpha value is -3.15. The Bertz CT molecular complexity index is 946. The van der Waals surface area contributed by atoms with Crippen molar-refractivity contribution in [1.82, 2.24) is 14.3 Å². The van der Waals surface area contributed by atoms with Gasteiger partial charge in [-0.2, -0.15) is 0 Å². The Balaban J connectivity index is 1.53. The molecule has 1 fully saturated rings. The normalized spacial score (nSPS) is 16.8. The number of pyridine rings is 2. The number of hydrogen-bond donors (Lipinski definition) is 1. The summed E-state index contributed by atoms with van der Waals surface area (Å²) in [6, 6.07) is 12.7. The van der Waals surface area contributed by atoms with Crippen LogP contribution in [0.25, 0.3) is 5.52 Å². The summed E-state index contributed by atoms with van der Waals surface area (Å²) < 4.78 is 1.91. The molecule has 6 heteroatoms. The molecule has 2 amide bonds. The first-order valence-corrected chi connectivity index (χ1v) is 8.74. The first kappa shape index (κ1) is 16.3. The van der Waals surface area contributed by atoms with Crippen LogP contribution in [0.3, 0.4) is 0 Å². The molecule has 26 heavy (non-hydrogen) atoms. The molecule has 1 atom stereocenters. The lowest BCUT2D eigenvalue weighted by Crippen LogP contribution is -2.43. The molecule has 1 aliphatic heterocycles. The molecule has 1 N–H and O–H groups in total. The van der Waals surface area contributed by atoms with Crippen molar-refractivity contribution in [2.24, 2.45) is 0 Å². The lowest BCUT2D eigenvalue weighted by molar-refractivity contribution is -0.119. The highest BCUT2D eigenvalue weighted by molar-refractivity contribution is 6.01. The number of hydrogen-bond acceptors (Lipinski definition) is 3. The topological polar surface area (TPSA) is 66.7 Å². The number of nitrogens with one attached hydrogen (secondary N) is 1. The Kier molecular flexibility index (Phi) is 4.16. The molecule has 0 unspecified atom stereocenters. The molecule has 1 saturated heterocycles. The van der Waals surface area contributed by atoms with Gasteiger partial charge in [0, 0.05) is 30.1 Å². The van der Waals surface area contributed by atoms with Gasteiger partial charge < -0.3 is 14.6 Å². The molecule has 132 valence electrons. The summed E-state index contributed by atoms with van der Waals surface area (Å²) in [5, 5.41) is 2.84. The Labute approximate surface area is 151 Å². The Morgan fingerprint density at radius 2 is 2.08 bits per heavy atom. The molecule has 0 aromatic carbocycles. The summed E-state index contributed by atoms with van der Waals surface area (Å²) in [4.78, 5) is 31.6. The van der Waals surface area contributed by atoms with Crippen LogP contribution >= 0.6 is 0 Å². The van der Waals surface area contributed by atoms with E-state index in [0.29, 0.717) is 24.3 Å². The second-order valence-electron chi connectivity index (χ2n) is 6.57. The van der Waals surface area contributed by atoms with Crippen molar-refractivity contribution in [2.45, 2.75) is 25.8 Å². The lowest BCUT2D eigenvalue weighted by atomic mass is 10.2. The van der Waals surface area contributed by atoms with E-state index in [1.54, 1.807) is 11.0 Å². The van der Waals surface area contributed by atoms with Gasteiger partial charge in [-0.1, -0.05) is 12.1 Å². The van der Waals surface area contributed by atoms with Crippen LogP contribution in [0.5, 0.6) is 0 Å². The number of likely N-dealkylation sites (tertiary alicyclic amines) is 1. The van der Waals surface area contributed by atoms with Crippen molar-refractivity contribution < 1.29 is 9.59 Å². The van der Waals surface area contributed by atoms with Crippen LogP contribution in [0.4, 0.5) is 5.82 Å². The van der Waals surface area contributed by atoms with Crippen LogP contribution in [0.2, 0.25) is 0 Å². The fourth-order valence-electron chi connectivity index (χ4n) is 3.44. The van der Waals surface area contributed by atoms with Gasteiger partial charge in [0.05, 0.1) is 5.56 Å². The zero-order valence-corrected chi connectivity index (χ0v) is 14.6. The maximum absolute atomic E-state index is 13.0. The van der Waals surface area contributed by atoms with Gasteiger partial charge >= 0.3 is 0 Å². The molecular weight excluding hydrogens is 328 g/mol. The number of rotatable bonds is 3. The van der Waals surface area contributed by atoms with E-state index in [1.165, 1.54) is 0 Å². The van der Waals surface area contributed by atoms with Crippen LogP contribution in [-0.4, -0.2) is 38.7 Å². The number of carbonyl (C=O) groups is 2. The van der Waals surface area contributed by atoms with E-state index in [4.69, 9.17) is 0 Å². The van der Waals surface area contributed by atoms with Crippen molar-refractivity contribution in [2.75, 3.05) is 11.9 Å². The predicted molar refractivity (Wildman–Crippen MR) is 99.1 cm³/mol. The second-order valence-corrected chi connectivity index (χ2v) is 6.57. The zero-order valence-electron chi connectivity index (χ0n) is 14.6. The van der Waals surface area contributed by atoms with Crippen LogP contribution in [0, 0.1) is 6.92 Å². The number of fused-ring (bicyclic) bond motifs is 1. The maximum atomic E-state index is 13.0. The molecule has 0 radical (unpaired) electrons. The van der Waals surface area contributed by atoms with E-state index >= 15 is 0 Å². The maximum Gasteiger partial charge on any atom is 0.256 e. The van der Waals surface area contributed by atoms with Crippen molar-refractivity contribution in [1.29, 1.82) is 0 Å². The monoisotopic (exact) mass is 348 g/mol. The summed E-state index contributed by atoms with van der Waals surface area (Å²) in [6.45, 7) is 2.46. The fourth-order valence-corrected chi connectivity index (χ4v) is 3.44. The minimum Gasteiger partial charge on any atom is -0.327 e. The van der Waals surface area contributed by atoms with E-state index in [-0.39, 0.29) is 11.8 Å². The van der Waals surface area contributed by atoms with Crippen LogP contribution in [-0.2, 0) is 4.79 Å². The first-order valence-electron chi connectivity index (χ1n) is 8.74. The average Bonchev–Trinajstić information content (AvgIpc) is 3.28. The number of anilines is 1. The lowest BCUT2D eigenvalue weighted by Gasteiger charge is -2.23. The van der Waals surface area contributed by atoms with Crippen molar-refractivity contribution in [3.8, 4) is 0 Å². The van der Waals surface area contributed by atoms with Crippen LogP contribution < -0.4 is 5.32 Å². The quantitative estimate of drug-likeness (QED) is 0.791. The summed E-state index contributed by atoms with van der Waals surface area (Å²) in [5.74, 6) is 0.227. The van der Waals surface area contributed by atoms with E-state index in [2.05, 4.69) is 10.3 Å². The van der Waals surface area contributed by atoms with Crippen LogP contribution in [0.1, 0.15) is 28.9 Å². The van der Waals surface area contributed by atoms with Gasteiger partial charge in [-0.3, -0.25) is 9.59 Å². The van der Waals surface area contributed by atoms with Gasteiger partial charge in [0.15, 0.2) is 0 Å². The molecule has 4 heterocycles. The molecule has 0 saturated carbocycles. The van der Waals surface area contributed by atoms with Gasteiger partial charge in [0.25, 0.3) is 5.91 Å². The van der Waals surface area contributed by atoms with E-state index in [0.717, 1.165) is 17.6 Å². The molecule has 4 rings (SSSR count). The van der Waals surface area contributed by atoms with Gasteiger partial charge in [-0.15, -0.1) is 0 Å². The van der Waals surface area contributed by atoms with Crippen molar-refractivity contribution in [3.63, 3.8) is 0 Å². The molecule has 0 spiro atoms.